The molecule has 0 radical (unpaired) electrons. The Morgan fingerprint density at radius 1 is 1.18 bits per heavy atom. The number of aryl methyl sites for hydroxylation is 1. The molecule has 3 rings (SSSR count). The molecule has 0 spiro atoms. The molecule has 0 aliphatic carbocycles. The lowest BCUT2D eigenvalue weighted by molar-refractivity contribution is 0.112. The van der Waals surface area contributed by atoms with Gasteiger partial charge in [-0.3, -0.25) is 4.79 Å². The first-order valence-electron chi connectivity index (χ1n) is 7.09. The van der Waals surface area contributed by atoms with Crippen molar-refractivity contribution in [2.75, 3.05) is 25.7 Å². The Morgan fingerprint density at radius 2 is 2.00 bits per heavy atom. The molecule has 0 bridgehead atoms. The monoisotopic (exact) mass is 299 g/mol. The van der Waals surface area contributed by atoms with Crippen LogP contribution in [0.4, 0.5) is 11.5 Å². The van der Waals surface area contributed by atoms with Gasteiger partial charge in [0.25, 0.3) is 0 Å². The minimum Gasteiger partial charge on any atom is -0.480 e. The number of carbonyl (C=O) groups is 1. The van der Waals surface area contributed by atoms with Gasteiger partial charge in [0, 0.05) is 12.2 Å². The fourth-order valence-electron chi connectivity index (χ4n) is 2.73. The van der Waals surface area contributed by atoms with E-state index < -0.39 is 0 Å². The summed E-state index contributed by atoms with van der Waals surface area (Å²) in [6.45, 7) is 0.779. The molecule has 6 heteroatoms. The Morgan fingerprint density at radius 3 is 2.73 bits per heavy atom. The van der Waals surface area contributed by atoms with E-state index in [0.717, 1.165) is 31.4 Å². The molecule has 0 unspecified atom stereocenters. The van der Waals surface area contributed by atoms with Gasteiger partial charge in [-0.25, -0.2) is 0 Å². The number of methoxy groups -OCH3 is 2. The molecule has 0 saturated carbocycles. The standard InChI is InChI=1S/C16H17N3O3/c1-21-15-12(10-20)14(17-16(18-15)22-2)19-9-5-7-11-6-3-4-8-13(11)19/h3-4,6,8,10H,5,7,9H2,1-2H3. The van der Waals surface area contributed by atoms with Crippen LogP contribution in [0.25, 0.3) is 0 Å². The number of rotatable bonds is 4. The van der Waals surface area contributed by atoms with Crippen LogP contribution in [-0.2, 0) is 6.42 Å². The summed E-state index contributed by atoms with van der Waals surface area (Å²) >= 11 is 0. The van der Waals surface area contributed by atoms with Gasteiger partial charge in [0.05, 0.1) is 14.2 Å². The highest BCUT2D eigenvalue weighted by Gasteiger charge is 2.25. The van der Waals surface area contributed by atoms with Crippen molar-refractivity contribution in [1.29, 1.82) is 0 Å². The van der Waals surface area contributed by atoms with Gasteiger partial charge in [-0.05, 0) is 24.5 Å². The Balaban J connectivity index is 2.18. The smallest absolute Gasteiger partial charge is 0.321 e. The van der Waals surface area contributed by atoms with Crippen LogP contribution >= 0.6 is 0 Å². The third-order valence-corrected chi connectivity index (χ3v) is 3.73. The molecule has 1 aromatic heterocycles. The molecular formula is C16H17N3O3. The minimum atomic E-state index is 0.181. The van der Waals surface area contributed by atoms with E-state index in [4.69, 9.17) is 9.47 Å². The normalized spacial score (nSPS) is 13.5. The van der Waals surface area contributed by atoms with Crippen molar-refractivity contribution >= 4 is 17.8 Å². The number of hydrogen-bond donors (Lipinski definition) is 0. The van der Waals surface area contributed by atoms with Gasteiger partial charge in [-0.15, -0.1) is 0 Å². The predicted octanol–water partition coefficient (Wildman–Crippen LogP) is 2.39. The highest BCUT2D eigenvalue weighted by molar-refractivity contribution is 5.88. The maximum Gasteiger partial charge on any atom is 0.321 e. The van der Waals surface area contributed by atoms with E-state index in [1.165, 1.54) is 19.8 Å². The molecule has 1 aliphatic heterocycles. The molecule has 6 nitrogen and oxygen atoms in total. The van der Waals surface area contributed by atoms with Crippen LogP contribution in [-0.4, -0.2) is 37.0 Å². The van der Waals surface area contributed by atoms with E-state index in [9.17, 15) is 4.79 Å². The van der Waals surface area contributed by atoms with Crippen molar-refractivity contribution in [3.8, 4) is 11.9 Å². The zero-order valence-corrected chi connectivity index (χ0v) is 12.6. The predicted molar refractivity (Wildman–Crippen MR) is 82.3 cm³/mol. The Kier molecular flexibility index (Phi) is 3.91. The lowest BCUT2D eigenvalue weighted by Crippen LogP contribution is -2.27. The summed E-state index contributed by atoms with van der Waals surface area (Å²) < 4.78 is 10.3. The average Bonchev–Trinajstić information content (AvgIpc) is 2.59. The average molecular weight is 299 g/mol. The highest BCUT2D eigenvalue weighted by Crippen LogP contribution is 2.36. The maximum atomic E-state index is 11.5. The summed E-state index contributed by atoms with van der Waals surface area (Å²) in [6, 6.07) is 8.31. The number of para-hydroxylation sites is 1. The number of hydrogen-bond acceptors (Lipinski definition) is 6. The van der Waals surface area contributed by atoms with Gasteiger partial charge in [0.2, 0.25) is 5.88 Å². The molecule has 0 fully saturated rings. The van der Waals surface area contributed by atoms with Crippen LogP contribution in [0, 0.1) is 0 Å². The first-order chi connectivity index (χ1) is 10.8. The third kappa shape index (κ3) is 2.36. The molecule has 0 amide bonds. The van der Waals surface area contributed by atoms with Gasteiger partial charge >= 0.3 is 6.01 Å². The van der Waals surface area contributed by atoms with Crippen LogP contribution < -0.4 is 14.4 Å². The van der Waals surface area contributed by atoms with Crippen LogP contribution in [0.1, 0.15) is 22.3 Å². The highest BCUT2D eigenvalue weighted by atomic mass is 16.5. The van der Waals surface area contributed by atoms with E-state index in [1.807, 2.05) is 23.1 Å². The number of aldehydes is 1. The zero-order valence-electron chi connectivity index (χ0n) is 12.6. The van der Waals surface area contributed by atoms with Crippen molar-refractivity contribution in [3.63, 3.8) is 0 Å². The molecule has 114 valence electrons. The number of anilines is 2. The van der Waals surface area contributed by atoms with Crippen molar-refractivity contribution in [2.45, 2.75) is 12.8 Å². The maximum absolute atomic E-state index is 11.5. The van der Waals surface area contributed by atoms with Crippen molar-refractivity contribution in [3.05, 3.63) is 35.4 Å². The van der Waals surface area contributed by atoms with Gasteiger partial charge in [0.15, 0.2) is 12.1 Å². The number of benzene rings is 1. The number of fused-ring (bicyclic) bond motifs is 1. The molecule has 2 heterocycles. The van der Waals surface area contributed by atoms with Crippen molar-refractivity contribution < 1.29 is 14.3 Å². The molecule has 1 aliphatic rings. The lowest BCUT2D eigenvalue weighted by Gasteiger charge is -2.31. The molecule has 2 aromatic rings. The summed E-state index contributed by atoms with van der Waals surface area (Å²) in [5.74, 6) is 0.741. The molecular weight excluding hydrogens is 282 g/mol. The third-order valence-electron chi connectivity index (χ3n) is 3.73. The van der Waals surface area contributed by atoms with E-state index in [1.54, 1.807) is 0 Å². The van der Waals surface area contributed by atoms with Crippen LogP contribution in [0.3, 0.4) is 0 Å². The van der Waals surface area contributed by atoms with E-state index in [2.05, 4.69) is 16.0 Å². The summed E-state index contributed by atoms with van der Waals surface area (Å²) in [4.78, 5) is 22.0. The number of nitrogens with zero attached hydrogens (tertiary/aromatic N) is 3. The second-order valence-corrected chi connectivity index (χ2v) is 4.96. The second-order valence-electron chi connectivity index (χ2n) is 4.96. The second kappa shape index (κ2) is 6.01. The fraction of sp³-hybridized carbons (Fsp3) is 0.312. The lowest BCUT2D eigenvalue weighted by atomic mass is 10.0. The number of ether oxygens (including phenoxy) is 2. The Labute approximate surface area is 128 Å². The molecule has 1 aromatic carbocycles. The topological polar surface area (TPSA) is 64.6 Å². The summed E-state index contributed by atoms with van der Waals surface area (Å²) in [7, 11) is 2.96. The largest absolute Gasteiger partial charge is 0.480 e. The van der Waals surface area contributed by atoms with Gasteiger partial charge in [0.1, 0.15) is 5.56 Å². The summed E-state index contributed by atoms with van der Waals surface area (Å²) in [5.41, 5.74) is 2.63. The molecule has 22 heavy (non-hydrogen) atoms. The van der Waals surface area contributed by atoms with E-state index in [0.29, 0.717) is 11.4 Å². The van der Waals surface area contributed by atoms with Crippen molar-refractivity contribution in [1.82, 2.24) is 9.97 Å². The van der Waals surface area contributed by atoms with Crippen molar-refractivity contribution in [2.24, 2.45) is 0 Å². The van der Waals surface area contributed by atoms with Gasteiger partial charge < -0.3 is 14.4 Å². The van der Waals surface area contributed by atoms with Gasteiger partial charge in [-0.1, -0.05) is 18.2 Å². The Bertz CT molecular complexity index is 703. The molecule has 0 atom stereocenters. The summed E-state index contributed by atoms with van der Waals surface area (Å²) in [6.07, 6.45) is 2.73. The zero-order chi connectivity index (χ0) is 15.5. The first kappa shape index (κ1) is 14.3. The van der Waals surface area contributed by atoms with E-state index >= 15 is 0 Å². The van der Waals surface area contributed by atoms with E-state index in [-0.39, 0.29) is 11.9 Å². The SMILES string of the molecule is COc1nc(OC)c(C=O)c(N2CCCc3ccccc32)n1. The number of aromatic nitrogens is 2. The van der Waals surface area contributed by atoms with Crippen LogP contribution in [0.2, 0.25) is 0 Å². The molecule has 0 N–H and O–H groups in total. The first-order valence-corrected chi connectivity index (χ1v) is 7.09. The Hall–Kier alpha value is -2.63. The minimum absolute atomic E-state index is 0.181. The summed E-state index contributed by atoms with van der Waals surface area (Å²) in [5, 5.41) is 0. The molecule has 0 saturated heterocycles. The quantitative estimate of drug-likeness (QED) is 0.808. The van der Waals surface area contributed by atoms with Crippen LogP contribution in [0.15, 0.2) is 24.3 Å². The fourth-order valence-corrected chi connectivity index (χ4v) is 2.73. The van der Waals surface area contributed by atoms with Gasteiger partial charge in [-0.2, -0.15) is 9.97 Å². The number of carbonyl (C=O) groups excluding carboxylic acids is 1. The van der Waals surface area contributed by atoms with Crippen LogP contribution in [0.5, 0.6) is 11.9 Å².